The number of aromatic amines is 1. The summed E-state index contributed by atoms with van der Waals surface area (Å²) in [5.41, 5.74) is 3.51. The van der Waals surface area contributed by atoms with Crippen molar-refractivity contribution in [3.8, 4) is 11.1 Å². The molecule has 0 bridgehead atoms. The number of nitrogens with zero attached hydrogens (tertiary/aromatic N) is 3. The molecule has 0 saturated carbocycles. The molecule has 0 radical (unpaired) electrons. The highest BCUT2D eigenvalue weighted by Crippen LogP contribution is 2.27. The molecule has 1 aromatic carbocycles. The van der Waals surface area contributed by atoms with Crippen LogP contribution in [0, 0.1) is 5.92 Å². The van der Waals surface area contributed by atoms with Crippen LogP contribution in [0.2, 0.25) is 0 Å². The van der Waals surface area contributed by atoms with E-state index >= 15 is 0 Å². The van der Waals surface area contributed by atoms with Gasteiger partial charge in [0.05, 0.1) is 6.20 Å². The fourth-order valence-electron chi connectivity index (χ4n) is 3.80. The normalized spacial score (nSPS) is 19.2. The monoisotopic (exact) mass is 339 g/mol. The number of anilines is 1. The van der Waals surface area contributed by atoms with Gasteiger partial charge in [-0.3, -0.25) is 9.89 Å². The van der Waals surface area contributed by atoms with Gasteiger partial charge in [0.1, 0.15) is 0 Å². The Labute approximate surface area is 148 Å². The van der Waals surface area contributed by atoms with Gasteiger partial charge in [-0.15, -0.1) is 0 Å². The van der Waals surface area contributed by atoms with Crippen molar-refractivity contribution in [3.63, 3.8) is 0 Å². The Morgan fingerprint density at radius 2 is 1.72 bits per heavy atom. The van der Waals surface area contributed by atoms with E-state index in [1.54, 1.807) is 0 Å². The van der Waals surface area contributed by atoms with Crippen LogP contribution < -0.4 is 10.2 Å². The number of rotatable bonds is 3. The molecule has 0 atom stereocenters. The summed E-state index contributed by atoms with van der Waals surface area (Å²) in [7, 11) is 0. The molecule has 6 heteroatoms. The van der Waals surface area contributed by atoms with E-state index in [4.69, 9.17) is 0 Å². The standard InChI is InChI=1S/C19H25N5O/c25-19(24-11-7-20-8-12-24)16-5-9-23(10-6-16)18-3-1-15(2-4-18)17-13-21-22-14-17/h1-4,13-14,16,20H,5-12H2,(H,21,22). The lowest BCUT2D eigenvalue weighted by Crippen LogP contribution is -2.50. The van der Waals surface area contributed by atoms with E-state index in [2.05, 4.69) is 44.7 Å². The van der Waals surface area contributed by atoms with Gasteiger partial charge in [0.25, 0.3) is 0 Å². The first-order chi connectivity index (χ1) is 12.3. The van der Waals surface area contributed by atoms with Crippen LogP contribution in [-0.4, -0.2) is 60.3 Å². The molecule has 4 rings (SSSR count). The van der Waals surface area contributed by atoms with Crippen molar-refractivity contribution in [2.75, 3.05) is 44.2 Å². The van der Waals surface area contributed by atoms with Crippen LogP contribution in [0.4, 0.5) is 5.69 Å². The number of benzene rings is 1. The second-order valence-electron chi connectivity index (χ2n) is 6.87. The highest BCUT2D eigenvalue weighted by Gasteiger charge is 2.29. The average molecular weight is 339 g/mol. The minimum atomic E-state index is 0.194. The van der Waals surface area contributed by atoms with Gasteiger partial charge < -0.3 is 15.1 Å². The maximum Gasteiger partial charge on any atom is 0.225 e. The third-order valence-electron chi connectivity index (χ3n) is 5.34. The fraction of sp³-hybridized carbons (Fsp3) is 0.474. The average Bonchev–Trinajstić information content (AvgIpc) is 3.23. The summed E-state index contributed by atoms with van der Waals surface area (Å²) in [4.78, 5) is 17.1. The number of carbonyl (C=O) groups is 1. The van der Waals surface area contributed by atoms with Crippen LogP contribution in [0.1, 0.15) is 12.8 Å². The second-order valence-corrected chi connectivity index (χ2v) is 6.87. The smallest absolute Gasteiger partial charge is 0.225 e. The van der Waals surface area contributed by atoms with E-state index in [0.29, 0.717) is 5.91 Å². The molecule has 1 aromatic heterocycles. The first-order valence-electron chi connectivity index (χ1n) is 9.15. The number of carbonyl (C=O) groups excluding carboxylic acids is 1. The molecule has 2 N–H and O–H groups in total. The lowest BCUT2D eigenvalue weighted by atomic mass is 9.94. The summed E-state index contributed by atoms with van der Waals surface area (Å²) in [5.74, 6) is 0.552. The van der Waals surface area contributed by atoms with Gasteiger partial charge in [-0.1, -0.05) is 12.1 Å². The summed E-state index contributed by atoms with van der Waals surface area (Å²) in [6.45, 7) is 5.46. The topological polar surface area (TPSA) is 64.3 Å². The number of H-pyrrole nitrogens is 1. The van der Waals surface area contributed by atoms with Gasteiger partial charge in [-0.2, -0.15) is 5.10 Å². The Bertz CT molecular complexity index is 683. The number of amides is 1. The van der Waals surface area contributed by atoms with Crippen molar-refractivity contribution >= 4 is 11.6 Å². The molecule has 0 aliphatic carbocycles. The van der Waals surface area contributed by atoms with Crippen molar-refractivity contribution in [2.45, 2.75) is 12.8 Å². The molecule has 2 fully saturated rings. The van der Waals surface area contributed by atoms with Crippen LogP contribution >= 0.6 is 0 Å². The number of nitrogens with one attached hydrogen (secondary N) is 2. The predicted octanol–water partition coefficient (Wildman–Crippen LogP) is 1.72. The van der Waals surface area contributed by atoms with E-state index in [9.17, 15) is 4.79 Å². The third-order valence-corrected chi connectivity index (χ3v) is 5.34. The van der Waals surface area contributed by atoms with Gasteiger partial charge in [0.2, 0.25) is 5.91 Å². The summed E-state index contributed by atoms with van der Waals surface area (Å²) in [5, 5.41) is 10.2. The molecule has 25 heavy (non-hydrogen) atoms. The van der Waals surface area contributed by atoms with E-state index in [-0.39, 0.29) is 5.92 Å². The van der Waals surface area contributed by atoms with Crippen LogP contribution in [0.5, 0.6) is 0 Å². The largest absolute Gasteiger partial charge is 0.371 e. The Balaban J connectivity index is 1.34. The summed E-state index contributed by atoms with van der Waals surface area (Å²) in [6.07, 6.45) is 5.64. The zero-order valence-electron chi connectivity index (χ0n) is 14.4. The van der Waals surface area contributed by atoms with Crippen LogP contribution in [0.3, 0.4) is 0 Å². The van der Waals surface area contributed by atoms with Crippen LogP contribution in [0.15, 0.2) is 36.7 Å². The van der Waals surface area contributed by atoms with Crippen molar-refractivity contribution in [2.24, 2.45) is 5.92 Å². The molecule has 3 heterocycles. The highest BCUT2D eigenvalue weighted by molar-refractivity contribution is 5.79. The molecule has 2 aliphatic rings. The maximum atomic E-state index is 12.6. The zero-order chi connectivity index (χ0) is 17.1. The molecule has 1 amide bonds. The second kappa shape index (κ2) is 7.27. The Kier molecular flexibility index (Phi) is 4.70. The maximum absolute atomic E-state index is 12.6. The van der Waals surface area contributed by atoms with Crippen molar-refractivity contribution in [1.29, 1.82) is 0 Å². The molecule has 2 aromatic rings. The number of piperazine rings is 1. The van der Waals surface area contributed by atoms with Gasteiger partial charge in [0.15, 0.2) is 0 Å². The molecular weight excluding hydrogens is 314 g/mol. The van der Waals surface area contributed by atoms with E-state index in [1.165, 1.54) is 11.3 Å². The van der Waals surface area contributed by atoms with Gasteiger partial charge in [0, 0.05) is 62.6 Å². The Hall–Kier alpha value is -2.34. The summed E-state index contributed by atoms with van der Waals surface area (Å²) in [6, 6.07) is 8.61. The SMILES string of the molecule is O=C(C1CCN(c2ccc(-c3cn[nH]c3)cc2)CC1)N1CCNCC1. The van der Waals surface area contributed by atoms with E-state index < -0.39 is 0 Å². The van der Waals surface area contributed by atoms with Crippen molar-refractivity contribution in [3.05, 3.63) is 36.7 Å². The molecule has 6 nitrogen and oxygen atoms in total. The van der Waals surface area contributed by atoms with Crippen LogP contribution in [0.25, 0.3) is 11.1 Å². The van der Waals surface area contributed by atoms with Gasteiger partial charge in [-0.25, -0.2) is 0 Å². The number of hydrogen-bond acceptors (Lipinski definition) is 4. The van der Waals surface area contributed by atoms with Crippen molar-refractivity contribution in [1.82, 2.24) is 20.4 Å². The van der Waals surface area contributed by atoms with Gasteiger partial charge in [-0.05, 0) is 30.5 Å². The minimum absolute atomic E-state index is 0.194. The Morgan fingerprint density at radius 1 is 1.00 bits per heavy atom. The summed E-state index contributed by atoms with van der Waals surface area (Å²) < 4.78 is 0. The summed E-state index contributed by atoms with van der Waals surface area (Å²) >= 11 is 0. The van der Waals surface area contributed by atoms with Gasteiger partial charge >= 0.3 is 0 Å². The number of aromatic nitrogens is 2. The van der Waals surface area contributed by atoms with Crippen molar-refractivity contribution < 1.29 is 4.79 Å². The lowest BCUT2D eigenvalue weighted by Gasteiger charge is -2.36. The predicted molar refractivity (Wildman–Crippen MR) is 98.4 cm³/mol. The minimum Gasteiger partial charge on any atom is -0.371 e. The number of hydrogen-bond donors (Lipinski definition) is 2. The molecule has 2 aliphatic heterocycles. The molecule has 0 unspecified atom stereocenters. The molecule has 2 saturated heterocycles. The van der Waals surface area contributed by atoms with E-state index in [0.717, 1.165) is 57.7 Å². The third kappa shape index (κ3) is 3.54. The highest BCUT2D eigenvalue weighted by atomic mass is 16.2. The van der Waals surface area contributed by atoms with Crippen LogP contribution in [-0.2, 0) is 4.79 Å². The zero-order valence-corrected chi connectivity index (χ0v) is 14.4. The first kappa shape index (κ1) is 16.1. The molecular formula is C19H25N5O. The lowest BCUT2D eigenvalue weighted by molar-refractivity contribution is -0.136. The number of piperidine rings is 1. The first-order valence-corrected chi connectivity index (χ1v) is 9.15. The molecule has 132 valence electrons. The fourth-order valence-corrected chi connectivity index (χ4v) is 3.80. The molecule has 0 spiro atoms. The Morgan fingerprint density at radius 3 is 2.36 bits per heavy atom. The quantitative estimate of drug-likeness (QED) is 0.894. The van der Waals surface area contributed by atoms with E-state index in [1.807, 2.05) is 17.3 Å².